The Morgan fingerprint density at radius 3 is 2.42 bits per heavy atom. The molecule has 96 valence electrons. The first-order valence-corrected chi connectivity index (χ1v) is 5.47. The minimum absolute atomic E-state index is 0.0260. The smallest absolute Gasteiger partial charge is 0.269 e. The number of rotatable bonds is 3. The van der Waals surface area contributed by atoms with E-state index in [4.69, 9.17) is 5.73 Å². The van der Waals surface area contributed by atoms with Gasteiger partial charge in [-0.2, -0.15) is 0 Å². The van der Waals surface area contributed by atoms with E-state index in [-0.39, 0.29) is 11.6 Å². The number of nitrogens with one attached hydrogen (secondary N) is 1. The molecule has 0 bridgehead atoms. The zero-order chi connectivity index (χ0) is 13.8. The fourth-order valence-corrected chi connectivity index (χ4v) is 1.55. The Bertz CT molecular complexity index is 623. The predicted molar refractivity (Wildman–Crippen MR) is 71.9 cm³/mol. The summed E-state index contributed by atoms with van der Waals surface area (Å²) in [5.41, 5.74) is 6.97. The lowest BCUT2D eigenvalue weighted by atomic mass is 10.2. The lowest BCUT2D eigenvalue weighted by Crippen LogP contribution is -2.12. The summed E-state index contributed by atoms with van der Waals surface area (Å²) in [6.07, 6.45) is 0. The third kappa shape index (κ3) is 3.06. The van der Waals surface area contributed by atoms with Crippen LogP contribution in [0.3, 0.4) is 0 Å². The fourth-order valence-electron chi connectivity index (χ4n) is 1.55. The Morgan fingerprint density at radius 1 is 1.16 bits per heavy atom. The summed E-state index contributed by atoms with van der Waals surface area (Å²) in [6, 6.07) is 12.2. The van der Waals surface area contributed by atoms with Gasteiger partial charge >= 0.3 is 0 Å². The molecule has 0 aliphatic heterocycles. The Balaban J connectivity index is 2.13. The molecule has 0 unspecified atom stereocenters. The van der Waals surface area contributed by atoms with Crippen molar-refractivity contribution in [2.75, 3.05) is 11.1 Å². The van der Waals surface area contributed by atoms with Crippen LogP contribution in [0.5, 0.6) is 0 Å². The van der Waals surface area contributed by atoms with Gasteiger partial charge in [-0.25, -0.2) is 0 Å². The van der Waals surface area contributed by atoms with Crippen molar-refractivity contribution in [3.8, 4) is 0 Å². The van der Waals surface area contributed by atoms with Crippen molar-refractivity contribution in [3.63, 3.8) is 0 Å². The maximum absolute atomic E-state index is 11.9. The van der Waals surface area contributed by atoms with Gasteiger partial charge in [-0.15, -0.1) is 0 Å². The summed E-state index contributed by atoms with van der Waals surface area (Å²) < 4.78 is 0. The third-order valence-electron chi connectivity index (χ3n) is 2.48. The SMILES string of the molecule is Nc1cccc(C(=O)Nc2ccc([N+](=O)[O-])cc2)c1. The molecule has 0 aromatic heterocycles. The van der Waals surface area contributed by atoms with Crippen molar-refractivity contribution in [2.24, 2.45) is 0 Å². The molecule has 0 aliphatic rings. The highest BCUT2D eigenvalue weighted by Crippen LogP contribution is 2.16. The lowest BCUT2D eigenvalue weighted by molar-refractivity contribution is -0.384. The molecule has 1 amide bonds. The second kappa shape index (κ2) is 5.18. The number of nitro benzene ring substituents is 1. The zero-order valence-electron chi connectivity index (χ0n) is 9.87. The second-order valence-electron chi connectivity index (χ2n) is 3.88. The van der Waals surface area contributed by atoms with Crippen LogP contribution in [-0.2, 0) is 0 Å². The molecule has 3 N–H and O–H groups in total. The molecular weight excluding hydrogens is 246 g/mol. The number of nitro groups is 1. The van der Waals surface area contributed by atoms with Crippen molar-refractivity contribution < 1.29 is 9.72 Å². The van der Waals surface area contributed by atoms with Crippen LogP contribution in [0.2, 0.25) is 0 Å². The standard InChI is InChI=1S/C13H11N3O3/c14-10-3-1-2-9(8-10)13(17)15-11-4-6-12(7-5-11)16(18)19/h1-8H,14H2,(H,15,17). The Kier molecular flexibility index (Phi) is 3.42. The maximum Gasteiger partial charge on any atom is 0.269 e. The van der Waals surface area contributed by atoms with E-state index in [9.17, 15) is 14.9 Å². The summed E-state index contributed by atoms with van der Waals surface area (Å²) in [5.74, 6) is -0.318. The number of nitrogens with zero attached hydrogens (tertiary/aromatic N) is 1. The highest BCUT2D eigenvalue weighted by molar-refractivity contribution is 6.04. The quantitative estimate of drug-likeness (QED) is 0.501. The number of benzene rings is 2. The number of amides is 1. The van der Waals surface area contributed by atoms with Crippen LogP contribution >= 0.6 is 0 Å². The van der Waals surface area contributed by atoms with Crippen molar-refractivity contribution in [1.29, 1.82) is 0 Å². The number of hydrogen-bond acceptors (Lipinski definition) is 4. The molecule has 6 nitrogen and oxygen atoms in total. The van der Waals surface area contributed by atoms with E-state index in [0.717, 1.165) is 0 Å². The monoisotopic (exact) mass is 257 g/mol. The molecule has 19 heavy (non-hydrogen) atoms. The van der Waals surface area contributed by atoms with Crippen molar-refractivity contribution in [1.82, 2.24) is 0 Å². The Morgan fingerprint density at radius 2 is 1.84 bits per heavy atom. The van der Waals surface area contributed by atoms with E-state index in [1.807, 2.05) is 0 Å². The topological polar surface area (TPSA) is 98.3 Å². The van der Waals surface area contributed by atoms with Crippen LogP contribution in [0, 0.1) is 10.1 Å². The molecule has 0 saturated heterocycles. The average Bonchev–Trinajstić information content (AvgIpc) is 2.39. The van der Waals surface area contributed by atoms with E-state index in [1.165, 1.54) is 24.3 Å². The van der Waals surface area contributed by atoms with Gasteiger partial charge in [-0.1, -0.05) is 6.07 Å². The molecule has 0 saturated carbocycles. The normalized spacial score (nSPS) is 9.89. The average molecular weight is 257 g/mol. The first kappa shape index (κ1) is 12.6. The van der Waals surface area contributed by atoms with Gasteiger partial charge in [0.15, 0.2) is 0 Å². The van der Waals surface area contributed by atoms with Crippen LogP contribution in [0.25, 0.3) is 0 Å². The van der Waals surface area contributed by atoms with Gasteiger partial charge in [0.2, 0.25) is 0 Å². The van der Waals surface area contributed by atoms with Crippen molar-refractivity contribution in [2.45, 2.75) is 0 Å². The summed E-state index contributed by atoms with van der Waals surface area (Å²) >= 11 is 0. The van der Waals surface area contributed by atoms with Gasteiger partial charge < -0.3 is 11.1 Å². The summed E-state index contributed by atoms with van der Waals surface area (Å²) in [4.78, 5) is 21.9. The summed E-state index contributed by atoms with van der Waals surface area (Å²) in [6.45, 7) is 0. The number of nitrogen functional groups attached to an aromatic ring is 1. The number of non-ortho nitro benzene ring substituents is 1. The number of carbonyl (C=O) groups is 1. The summed E-state index contributed by atoms with van der Waals surface area (Å²) in [7, 11) is 0. The van der Waals surface area contributed by atoms with Gasteiger partial charge in [0.05, 0.1) is 4.92 Å². The minimum Gasteiger partial charge on any atom is -0.399 e. The summed E-state index contributed by atoms with van der Waals surface area (Å²) in [5, 5.41) is 13.1. The molecule has 0 radical (unpaired) electrons. The van der Waals surface area contributed by atoms with Gasteiger partial charge in [0.1, 0.15) is 0 Å². The van der Waals surface area contributed by atoms with E-state index in [1.54, 1.807) is 24.3 Å². The van der Waals surface area contributed by atoms with Gasteiger partial charge in [-0.05, 0) is 30.3 Å². The highest BCUT2D eigenvalue weighted by atomic mass is 16.6. The largest absolute Gasteiger partial charge is 0.399 e. The van der Waals surface area contributed by atoms with E-state index >= 15 is 0 Å². The van der Waals surface area contributed by atoms with Crippen molar-refractivity contribution in [3.05, 3.63) is 64.2 Å². The molecule has 6 heteroatoms. The van der Waals surface area contributed by atoms with Crippen molar-refractivity contribution >= 4 is 23.0 Å². The lowest BCUT2D eigenvalue weighted by Gasteiger charge is -2.05. The molecule has 0 aliphatic carbocycles. The first-order valence-electron chi connectivity index (χ1n) is 5.47. The molecule has 0 atom stereocenters. The molecule has 2 aromatic rings. The van der Waals surface area contributed by atoms with E-state index < -0.39 is 4.92 Å². The van der Waals surface area contributed by atoms with Gasteiger partial charge in [-0.3, -0.25) is 14.9 Å². The highest BCUT2D eigenvalue weighted by Gasteiger charge is 2.08. The minimum atomic E-state index is -0.497. The van der Waals surface area contributed by atoms with Crippen LogP contribution in [-0.4, -0.2) is 10.8 Å². The Hall–Kier alpha value is -2.89. The first-order chi connectivity index (χ1) is 9.06. The van der Waals surface area contributed by atoms with E-state index in [0.29, 0.717) is 16.9 Å². The second-order valence-corrected chi connectivity index (χ2v) is 3.88. The number of hydrogen-bond donors (Lipinski definition) is 2. The zero-order valence-corrected chi connectivity index (χ0v) is 9.87. The van der Waals surface area contributed by atoms with E-state index in [2.05, 4.69) is 5.32 Å². The number of nitrogens with two attached hydrogens (primary N) is 1. The van der Waals surface area contributed by atoms with Crippen LogP contribution < -0.4 is 11.1 Å². The molecule has 0 fully saturated rings. The number of anilines is 2. The third-order valence-corrected chi connectivity index (χ3v) is 2.48. The molecule has 2 rings (SSSR count). The van der Waals surface area contributed by atoms with Crippen LogP contribution in [0.1, 0.15) is 10.4 Å². The predicted octanol–water partition coefficient (Wildman–Crippen LogP) is 2.43. The molecular formula is C13H11N3O3. The fraction of sp³-hybridized carbons (Fsp3) is 0. The number of carbonyl (C=O) groups excluding carboxylic acids is 1. The molecule has 0 spiro atoms. The Labute approximate surface area is 109 Å². The van der Waals surface area contributed by atoms with Crippen LogP contribution in [0.15, 0.2) is 48.5 Å². The van der Waals surface area contributed by atoms with Crippen LogP contribution in [0.4, 0.5) is 17.1 Å². The van der Waals surface area contributed by atoms with Gasteiger partial charge in [0, 0.05) is 29.1 Å². The molecule has 0 heterocycles. The molecule has 2 aromatic carbocycles. The van der Waals surface area contributed by atoms with Gasteiger partial charge in [0.25, 0.3) is 11.6 Å². The maximum atomic E-state index is 11.9.